The normalized spacial score (nSPS) is 30.4. The molecule has 2 unspecified atom stereocenters. The molecule has 0 radical (unpaired) electrons. The molecular formula is C9H14N4O. The standard InChI is InChI=1S/C9H14N4O/c1-5(2)7-11-8-6(9(14)12-7)4-10-13(8)3/h4-6,8H,1-3H3,(H,11,12,14). The first-order valence-corrected chi connectivity index (χ1v) is 4.75. The maximum atomic E-state index is 11.6. The third-order valence-electron chi connectivity index (χ3n) is 2.49. The molecule has 0 fully saturated rings. The van der Waals surface area contributed by atoms with Gasteiger partial charge in [0.1, 0.15) is 11.8 Å². The fourth-order valence-corrected chi connectivity index (χ4v) is 1.60. The molecule has 5 nitrogen and oxygen atoms in total. The van der Waals surface area contributed by atoms with Crippen LogP contribution in [0.1, 0.15) is 13.8 Å². The third-order valence-corrected chi connectivity index (χ3v) is 2.49. The Kier molecular flexibility index (Phi) is 2.02. The lowest BCUT2D eigenvalue weighted by Crippen LogP contribution is -2.49. The van der Waals surface area contributed by atoms with Crippen molar-refractivity contribution in [2.75, 3.05) is 7.05 Å². The molecule has 2 aliphatic rings. The molecule has 0 aromatic heterocycles. The highest BCUT2D eigenvalue weighted by Gasteiger charge is 2.38. The minimum absolute atomic E-state index is 0.00167. The second-order valence-electron chi connectivity index (χ2n) is 3.94. The molecule has 2 rings (SSSR count). The van der Waals surface area contributed by atoms with Crippen molar-refractivity contribution in [1.82, 2.24) is 10.3 Å². The summed E-state index contributed by atoms with van der Waals surface area (Å²) in [6.07, 6.45) is 1.52. The monoisotopic (exact) mass is 194 g/mol. The second kappa shape index (κ2) is 3.08. The van der Waals surface area contributed by atoms with Gasteiger partial charge in [-0.25, -0.2) is 4.99 Å². The number of rotatable bonds is 1. The van der Waals surface area contributed by atoms with Crippen molar-refractivity contribution in [3.8, 4) is 0 Å². The Morgan fingerprint density at radius 1 is 1.57 bits per heavy atom. The Morgan fingerprint density at radius 3 is 2.93 bits per heavy atom. The number of hydrogen-bond acceptors (Lipinski definition) is 4. The third kappa shape index (κ3) is 1.29. The van der Waals surface area contributed by atoms with Crippen molar-refractivity contribution < 1.29 is 4.79 Å². The van der Waals surface area contributed by atoms with Gasteiger partial charge in [0.15, 0.2) is 6.17 Å². The summed E-state index contributed by atoms with van der Waals surface area (Å²) in [6.45, 7) is 4.02. The lowest BCUT2D eigenvalue weighted by Gasteiger charge is -2.27. The highest BCUT2D eigenvalue weighted by atomic mass is 16.2. The molecule has 0 aromatic carbocycles. The van der Waals surface area contributed by atoms with Crippen molar-refractivity contribution in [2.45, 2.75) is 20.0 Å². The number of aliphatic imine (C=N–C) groups is 1. The molecule has 2 heterocycles. The van der Waals surface area contributed by atoms with E-state index in [4.69, 9.17) is 0 Å². The highest BCUT2D eigenvalue weighted by molar-refractivity contribution is 6.08. The predicted octanol–water partition coefficient (Wildman–Crippen LogP) is 0.0442. The summed E-state index contributed by atoms with van der Waals surface area (Å²) < 4.78 is 0. The fraction of sp³-hybridized carbons (Fsp3) is 0.667. The molecule has 0 spiro atoms. The van der Waals surface area contributed by atoms with Gasteiger partial charge in [-0.05, 0) is 0 Å². The van der Waals surface area contributed by atoms with E-state index < -0.39 is 0 Å². The molecule has 2 aliphatic heterocycles. The van der Waals surface area contributed by atoms with Crippen molar-refractivity contribution >= 4 is 18.0 Å². The number of nitrogens with one attached hydrogen (secondary N) is 1. The molecule has 5 heteroatoms. The van der Waals surface area contributed by atoms with Crippen molar-refractivity contribution in [2.24, 2.45) is 21.9 Å². The summed E-state index contributed by atoms with van der Waals surface area (Å²) in [6, 6.07) is 0. The van der Waals surface area contributed by atoms with E-state index in [1.807, 2.05) is 20.9 Å². The summed E-state index contributed by atoms with van der Waals surface area (Å²) in [4.78, 5) is 16.1. The van der Waals surface area contributed by atoms with Gasteiger partial charge in [-0.15, -0.1) is 0 Å². The molecule has 1 N–H and O–H groups in total. The van der Waals surface area contributed by atoms with Crippen molar-refractivity contribution in [3.05, 3.63) is 0 Å². The number of hydrogen-bond donors (Lipinski definition) is 1. The van der Waals surface area contributed by atoms with Crippen LogP contribution in [0.3, 0.4) is 0 Å². The van der Waals surface area contributed by atoms with Gasteiger partial charge in [0.05, 0.1) is 0 Å². The van der Waals surface area contributed by atoms with Gasteiger partial charge in [0, 0.05) is 19.2 Å². The molecule has 76 valence electrons. The van der Waals surface area contributed by atoms with Gasteiger partial charge >= 0.3 is 0 Å². The second-order valence-corrected chi connectivity index (χ2v) is 3.94. The summed E-state index contributed by atoms with van der Waals surface area (Å²) >= 11 is 0. The van der Waals surface area contributed by atoms with Gasteiger partial charge < -0.3 is 5.32 Å². The van der Waals surface area contributed by atoms with Crippen molar-refractivity contribution in [1.29, 1.82) is 0 Å². The van der Waals surface area contributed by atoms with Crippen molar-refractivity contribution in [3.63, 3.8) is 0 Å². The summed E-state index contributed by atoms with van der Waals surface area (Å²) in [7, 11) is 1.83. The SMILES string of the molecule is CC(C)C1=NC2C(C=NN2C)C(=O)N1. The number of fused-ring (bicyclic) bond motifs is 1. The topological polar surface area (TPSA) is 57.1 Å². The zero-order chi connectivity index (χ0) is 10.3. The first kappa shape index (κ1) is 9.18. The molecular weight excluding hydrogens is 180 g/mol. The minimum Gasteiger partial charge on any atom is -0.314 e. The molecule has 2 atom stereocenters. The van der Waals surface area contributed by atoms with E-state index in [-0.39, 0.29) is 23.9 Å². The first-order valence-electron chi connectivity index (χ1n) is 4.75. The minimum atomic E-state index is -0.220. The molecule has 1 amide bonds. The number of amides is 1. The van der Waals surface area contributed by atoms with Crippen LogP contribution in [0.25, 0.3) is 0 Å². The average molecular weight is 194 g/mol. The zero-order valence-corrected chi connectivity index (χ0v) is 8.56. The summed E-state index contributed by atoms with van der Waals surface area (Å²) in [5, 5.41) is 8.59. The molecule has 0 aliphatic carbocycles. The van der Waals surface area contributed by atoms with Crippen LogP contribution in [0.2, 0.25) is 0 Å². The van der Waals surface area contributed by atoms with E-state index >= 15 is 0 Å². The number of amidine groups is 1. The van der Waals surface area contributed by atoms with Crippen LogP contribution in [-0.4, -0.2) is 36.2 Å². The van der Waals surface area contributed by atoms with E-state index in [1.165, 1.54) is 0 Å². The van der Waals surface area contributed by atoms with E-state index in [0.29, 0.717) is 0 Å². The Hall–Kier alpha value is -1.39. The van der Waals surface area contributed by atoms with Gasteiger partial charge in [-0.1, -0.05) is 13.8 Å². The quantitative estimate of drug-likeness (QED) is 0.641. The van der Waals surface area contributed by atoms with Crippen LogP contribution in [0.4, 0.5) is 0 Å². The number of hydrazone groups is 1. The first-order chi connectivity index (χ1) is 6.59. The summed E-state index contributed by atoms with van der Waals surface area (Å²) in [5.41, 5.74) is 0. The number of nitrogens with zero attached hydrogens (tertiary/aromatic N) is 3. The van der Waals surface area contributed by atoms with Crippen LogP contribution >= 0.6 is 0 Å². The largest absolute Gasteiger partial charge is 0.314 e. The van der Waals surface area contributed by atoms with Gasteiger partial charge in [0.2, 0.25) is 5.91 Å². The van der Waals surface area contributed by atoms with Gasteiger partial charge in [0.25, 0.3) is 0 Å². The lowest BCUT2D eigenvalue weighted by atomic mass is 10.0. The Bertz CT molecular complexity index is 321. The van der Waals surface area contributed by atoms with Crippen LogP contribution in [0, 0.1) is 11.8 Å². The maximum Gasteiger partial charge on any atom is 0.238 e. The Morgan fingerprint density at radius 2 is 2.29 bits per heavy atom. The molecule has 0 saturated carbocycles. The molecule has 14 heavy (non-hydrogen) atoms. The maximum absolute atomic E-state index is 11.6. The van der Waals surface area contributed by atoms with E-state index in [2.05, 4.69) is 15.4 Å². The molecule has 0 bridgehead atoms. The number of carbonyl (C=O) groups excluding carboxylic acids is 1. The smallest absolute Gasteiger partial charge is 0.238 e. The van der Waals surface area contributed by atoms with E-state index in [1.54, 1.807) is 11.2 Å². The Balaban J connectivity index is 2.28. The van der Waals surface area contributed by atoms with E-state index in [0.717, 1.165) is 5.84 Å². The van der Waals surface area contributed by atoms with Crippen LogP contribution in [0.15, 0.2) is 10.1 Å². The Labute approximate surface area is 82.9 Å². The van der Waals surface area contributed by atoms with Gasteiger partial charge in [-0.3, -0.25) is 9.80 Å². The number of carbonyl (C=O) groups is 1. The molecule has 0 aromatic rings. The lowest BCUT2D eigenvalue weighted by molar-refractivity contribution is -0.123. The highest BCUT2D eigenvalue weighted by Crippen LogP contribution is 2.21. The van der Waals surface area contributed by atoms with Crippen LogP contribution in [-0.2, 0) is 4.79 Å². The average Bonchev–Trinajstić information content (AvgIpc) is 2.48. The van der Waals surface area contributed by atoms with Crippen LogP contribution < -0.4 is 5.32 Å². The van der Waals surface area contributed by atoms with Gasteiger partial charge in [-0.2, -0.15) is 5.10 Å². The van der Waals surface area contributed by atoms with E-state index in [9.17, 15) is 4.79 Å². The summed E-state index contributed by atoms with van der Waals surface area (Å²) in [5.74, 6) is 0.784. The van der Waals surface area contributed by atoms with Crippen LogP contribution in [0.5, 0.6) is 0 Å². The fourth-order valence-electron chi connectivity index (χ4n) is 1.60. The zero-order valence-electron chi connectivity index (χ0n) is 8.56. The molecule has 0 saturated heterocycles. The predicted molar refractivity (Wildman–Crippen MR) is 53.9 cm³/mol.